The number of halogens is 1. The number of nitrogens with zero attached hydrogens (tertiary/aromatic N) is 1. The summed E-state index contributed by atoms with van der Waals surface area (Å²) in [5.41, 5.74) is -0.0187. The Bertz CT molecular complexity index is 383. The van der Waals surface area contributed by atoms with E-state index >= 15 is 0 Å². The summed E-state index contributed by atoms with van der Waals surface area (Å²) in [5, 5.41) is 19.4. The molecule has 0 aliphatic carbocycles. The molecule has 88 valence electrons. The highest BCUT2D eigenvalue weighted by Crippen LogP contribution is 2.29. The molecule has 16 heavy (non-hydrogen) atoms. The van der Waals surface area contributed by atoms with Gasteiger partial charge in [-0.25, -0.2) is 0 Å². The Morgan fingerprint density at radius 2 is 2.31 bits per heavy atom. The van der Waals surface area contributed by atoms with Gasteiger partial charge in [-0.1, -0.05) is 6.92 Å². The van der Waals surface area contributed by atoms with Crippen LogP contribution in [0.25, 0.3) is 0 Å². The number of hydrogen-bond acceptors (Lipinski definition) is 4. The average Bonchev–Trinajstić information content (AvgIpc) is 2.27. The first-order valence-electron chi connectivity index (χ1n) is 4.72. The van der Waals surface area contributed by atoms with Gasteiger partial charge in [0.15, 0.2) is 0 Å². The van der Waals surface area contributed by atoms with E-state index in [2.05, 4.69) is 15.9 Å². The zero-order chi connectivity index (χ0) is 12.1. The fraction of sp³-hybridized carbons (Fsp3) is 0.400. The van der Waals surface area contributed by atoms with Crippen molar-refractivity contribution in [3.05, 3.63) is 32.8 Å². The quantitative estimate of drug-likeness (QED) is 0.667. The number of ether oxygens (including phenoxy) is 1. The van der Waals surface area contributed by atoms with Crippen molar-refractivity contribution in [2.75, 3.05) is 13.2 Å². The number of benzene rings is 1. The lowest BCUT2D eigenvalue weighted by Crippen LogP contribution is -2.12. The lowest BCUT2D eigenvalue weighted by molar-refractivity contribution is -0.385. The van der Waals surface area contributed by atoms with E-state index < -0.39 is 4.92 Å². The maximum atomic E-state index is 10.6. The highest BCUT2D eigenvalue weighted by atomic mass is 79.9. The number of nitro groups is 1. The van der Waals surface area contributed by atoms with E-state index in [9.17, 15) is 10.1 Å². The Balaban J connectivity index is 2.78. The molecule has 0 aliphatic rings. The van der Waals surface area contributed by atoms with Crippen LogP contribution >= 0.6 is 15.9 Å². The first kappa shape index (κ1) is 12.9. The summed E-state index contributed by atoms with van der Waals surface area (Å²) in [6, 6.07) is 4.32. The molecule has 0 heterocycles. The molecule has 0 bridgehead atoms. The van der Waals surface area contributed by atoms with Gasteiger partial charge in [-0.3, -0.25) is 10.1 Å². The predicted molar refractivity (Wildman–Crippen MR) is 62.5 cm³/mol. The van der Waals surface area contributed by atoms with Crippen molar-refractivity contribution >= 4 is 21.6 Å². The third-order valence-corrected chi connectivity index (χ3v) is 2.62. The van der Waals surface area contributed by atoms with Crippen LogP contribution in [0.3, 0.4) is 0 Å². The summed E-state index contributed by atoms with van der Waals surface area (Å²) < 4.78 is 6.02. The SMILES string of the molecule is CC(CO)COc1cc([N+](=O)[O-])ccc1Br. The molecule has 1 aromatic rings. The first-order valence-corrected chi connectivity index (χ1v) is 5.51. The number of non-ortho nitro benzene ring substituents is 1. The van der Waals surface area contributed by atoms with Gasteiger partial charge >= 0.3 is 0 Å². The summed E-state index contributed by atoms with van der Waals surface area (Å²) in [6.07, 6.45) is 0. The summed E-state index contributed by atoms with van der Waals surface area (Å²) in [7, 11) is 0. The Morgan fingerprint density at radius 3 is 2.88 bits per heavy atom. The van der Waals surface area contributed by atoms with Crippen molar-refractivity contribution in [3.63, 3.8) is 0 Å². The van der Waals surface area contributed by atoms with Gasteiger partial charge in [-0.2, -0.15) is 0 Å². The highest BCUT2D eigenvalue weighted by molar-refractivity contribution is 9.10. The molecule has 1 N–H and O–H groups in total. The molecule has 0 spiro atoms. The second-order valence-electron chi connectivity index (χ2n) is 3.47. The van der Waals surface area contributed by atoms with Gasteiger partial charge in [-0.05, 0) is 22.0 Å². The minimum atomic E-state index is -0.477. The maximum Gasteiger partial charge on any atom is 0.273 e. The molecule has 6 heteroatoms. The van der Waals surface area contributed by atoms with Crippen molar-refractivity contribution in [2.24, 2.45) is 5.92 Å². The van der Waals surface area contributed by atoms with Crippen molar-refractivity contribution < 1.29 is 14.8 Å². The van der Waals surface area contributed by atoms with Gasteiger partial charge in [0.2, 0.25) is 0 Å². The molecule has 0 fully saturated rings. The summed E-state index contributed by atoms with van der Waals surface area (Å²) in [5.74, 6) is 0.403. The van der Waals surface area contributed by atoms with E-state index in [0.717, 1.165) is 0 Å². The van der Waals surface area contributed by atoms with Crippen LogP contribution in [0, 0.1) is 16.0 Å². The molecule has 0 saturated heterocycles. The maximum absolute atomic E-state index is 10.6. The molecule has 1 atom stereocenters. The molecule has 1 rings (SSSR count). The van der Waals surface area contributed by atoms with Gasteiger partial charge in [0.05, 0.1) is 22.1 Å². The number of nitro benzene ring substituents is 1. The zero-order valence-corrected chi connectivity index (χ0v) is 10.3. The van der Waals surface area contributed by atoms with E-state index in [0.29, 0.717) is 16.8 Å². The predicted octanol–water partition coefficient (Wildman–Crippen LogP) is 2.36. The number of rotatable bonds is 5. The molecule has 0 amide bonds. The molecule has 5 nitrogen and oxygen atoms in total. The van der Waals surface area contributed by atoms with Crippen LogP contribution in [0.5, 0.6) is 5.75 Å². The van der Waals surface area contributed by atoms with E-state index in [1.807, 2.05) is 6.92 Å². The first-order chi connectivity index (χ1) is 7.54. The summed E-state index contributed by atoms with van der Waals surface area (Å²) in [6.45, 7) is 2.16. The lowest BCUT2D eigenvalue weighted by atomic mass is 10.2. The molecular weight excluding hydrogens is 278 g/mol. The topological polar surface area (TPSA) is 72.6 Å². The normalized spacial score (nSPS) is 12.2. The highest BCUT2D eigenvalue weighted by Gasteiger charge is 2.11. The minimum Gasteiger partial charge on any atom is -0.492 e. The van der Waals surface area contributed by atoms with E-state index in [4.69, 9.17) is 9.84 Å². The molecule has 0 saturated carbocycles. The molecule has 0 radical (unpaired) electrons. The second kappa shape index (κ2) is 5.81. The number of aliphatic hydroxyl groups is 1. The van der Waals surface area contributed by atoms with Gasteiger partial charge in [0, 0.05) is 18.6 Å². The average molecular weight is 290 g/mol. The van der Waals surface area contributed by atoms with Crippen molar-refractivity contribution in [3.8, 4) is 5.75 Å². The van der Waals surface area contributed by atoms with Gasteiger partial charge in [0.25, 0.3) is 5.69 Å². The lowest BCUT2D eigenvalue weighted by Gasteiger charge is -2.11. The third kappa shape index (κ3) is 3.46. The van der Waals surface area contributed by atoms with Crippen LogP contribution in [-0.2, 0) is 0 Å². The van der Waals surface area contributed by atoms with Crippen LogP contribution in [-0.4, -0.2) is 23.2 Å². The summed E-state index contributed by atoms with van der Waals surface area (Å²) >= 11 is 3.24. The molecule has 0 aromatic heterocycles. The van der Waals surface area contributed by atoms with Gasteiger partial charge in [-0.15, -0.1) is 0 Å². The molecule has 0 aliphatic heterocycles. The fourth-order valence-corrected chi connectivity index (χ4v) is 1.36. The van der Waals surface area contributed by atoms with Crippen LogP contribution < -0.4 is 4.74 Å². The zero-order valence-electron chi connectivity index (χ0n) is 8.72. The van der Waals surface area contributed by atoms with Crippen molar-refractivity contribution in [2.45, 2.75) is 6.92 Å². The van der Waals surface area contributed by atoms with Crippen LogP contribution in [0.1, 0.15) is 6.92 Å². The Kier molecular flexibility index (Phi) is 4.70. The largest absolute Gasteiger partial charge is 0.492 e. The van der Waals surface area contributed by atoms with Crippen molar-refractivity contribution in [1.82, 2.24) is 0 Å². The standard InChI is InChI=1S/C10H12BrNO4/c1-7(5-13)6-16-10-4-8(12(14)15)2-3-9(10)11/h2-4,7,13H,5-6H2,1H3. The van der Waals surface area contributed by atoms with E-state index in [-0.39, 0.29) is 18.2 Å². The number of aliphatic hydroxyl groups excluding tert-OH is 1. The van der Waals surface area contributed by atoms with Crippen LogP contribution in [0.15, 0.2) is 22.7 Å². The van der Waals surface area contributed by atoms with Gasteiger partial charge < -0.3 is 9.84 Å². The van der Waals surface area contributed by atoms with E-state index in [1.165, 1.54) is 12.1 Å². The van der Waals surface area contributed by atoms with Crippen LogP contribution in [0.2, 0.25) is 0 Å². The van der Waals surface area contributed by atoms with Gasteiger partial charge in [0.1, 0.15) is 5.75 Å². The third-order valence-electron chi connectivity index (χ3n) is 1.96. The monoisotopic (exact) mass is 289 g/mol. The molecular formula is C10H12BrNO4. The fourth-order valence-electron chi connectivity index (χ4n) is 1.00. The molecule has 1 unspecified atom stereocenters. The van der Waals surface area contributed by atoms with Crippen LogP contribution in [0.4, 0.5) is 5.69 Å². The Hall–Kier alpha value is -1.14. The Labute approximate surface area is 101 Å². The summed E-state index contributed by atoms with van der Waals surface area (Å²) in [4.78, 5) is 10.1. The minimum absolute atomic E-state index is 0.00818. The van der Waals surface area contributed by atoms with E-state index in [1.54, 1.807) is 6.07 Å². The smallest absolute Gasteiger partial charge is 0.273 e. The number of hydrogen-bond donors (Lipinski definition) is 1. The second-order valence-corrected chi connectivity index (χ2v) is 4.32. The van der Waals surface area contributed by atoms with Crippen molar-refractivity contribution in [1.29, 1.82) is 0 Å². The Morgan fingerprint density at radius 1 is 1.62 bits per heavy atom. The molecule has 1 aromatic carbocycles.